The molecule has 0 amide bonds. The van der Waals surface area contributed by atoms with Crippen LogP contribution in [0.2, 0.25) is 0 Å². The molecule has 3 aromatic rings. The quantitative estimate of drug-likeness (QED) is 0.717. The van der Waals surface area contributed by atoms with Crippen LogP contribution in [0.15, 0.2) is 27.5 Å². The number of rotatable bonds is 1. The van der Waals surface area contributed by atoms with Crippen molar-refractivity contribution in [1.29, 1.82) is 0 Å². The molecule has 96 valence electrons. The van der Waals surface area contributed by atoms with Gasteiger partial charge in [-0.05, 0) is 25.1 Å². The minimum absolute atomic E-state index is 0.0877. The Morgan fingerprint density at radius 2 is 2.21 bits per heavy atom. The Morgan fingerprint density at radius 1 is 1.47 bits per heavy atom. The minimum atomic E-state index is -1.15. The number of imidazole rings is 1. The topological polar surface area (TPSA) is 87.5 Å². The molecule has 2 heterocycles. The third kappa shape index (κ3) is 1.66. The van der Waals surface area contributed by atoms with Crippen LogP contribution in [-0.4, -0.2) is 25.4 Å². The molecule has 0 fully saturated rings. The van der Waals surface area contributed by atoms with Gasteiger partial charge in [0, 0.05) is 4.47 Å². The number of halogens is 1. The third-order valence-corrected chi connectivity index (χ3v) is 3.45. The van der Waals surface area contributed by atoms with Crippen LogP contribution in [0.25, 0.3) is 16.7 Å². The zero-order chi connectivity index (χ0) is 13.7. The van der Waals surface area contributed by atoms with Crippen LogP contribution in [0.1, 0.15) is 16.2 Å². The van der Waals surface area contributed by atoms with Crippen LogP contribution < -0.4 is 5.56 Å². The summed E-state index contributed by atoms with van der Waals surface area (Å²) >= 11 is 3.33. The van der Waals surface area contributed by atoms with Gasteiger partial charge in [0.05, 0.1) is 16.7 Å². The van der Waals surface area contributed by atoms with Gasteiger partial charge < -0.3 is 10.1 Å². The van der Waals surface area contributed by atoms with E-state index in [0.717, 1.165) is 4.47 Å². The Balaban J connectivity index is 2.60. The number of hydrogen-bond acceptors (Lipinski definition) is 3. The van der Waals surface area contributed by atoms with E-state index in [1.54, 1.807) is 23.5 Å². The van der Waals surface area contributed by atoms with E-state index in [2.05, 4.69) is 25.9 Å². The summed E-state index contributed by atoms with van der Waals surface area (Å²) in [6, 6.07) is 5.37. The number of aryl methyl sites for hydroxylation is 1. The van der Waals surface area contributed by atoms with Crippen molar-refractivity contribution >= 4 is 38.6 Å². The maximum Gasteiger partial charge on any atom is 0.356 e. The van der Waals surface area contributed by atoms with E-state index in [1.807, 2.05) is 6.07 Å². The van der Waals surface area contributed by atoms with E-state index in [-0.39, 0.29) is 11.3 Å². The summed E-state index contributed by atoms with van der Waals surface area (Å²) < 4.78 is 2.38. The minimum Gasteiger partial charge on any atom is -0.476 e. The molecule has 2 aromatic heterocycles. The number of carboxylic acids is 1. The van der Waals surface area contributed by atoms with Crippen molar-refractivity contribution < 1.29 is 9.90 Å². The van der Waals surface area contributed by atoms with Gasteiger partial charge in [-0.3, -0.25) is 9.20 Å². The number of carboxylic acid groups (broad SMARTS) is 1. The molecule has 0 aliphatic carbocycles. The number of aromatic amines is 1. The molecular weight excluding hydrogens is 314 g/mol. The number of H-pyrrole nitrogens is 1. The van der Waals surface area contributed by atoms with Gasteiger partial charge in [-0.25, -0.2) is 9.78 Å². The molecule has 0 atom stereocenters. The van der Waals surface area contributed by atoms with E-state index in [9.17, 15) is 9.59 Å². The van der Waals surface area contributed by atoms with Crippen LogP contribution in [0.3, 0.4) is 0 Å². The predicted octanol–water partition coefficient (Wildman–Crippen LogP) is 1.94. The Kier molecular flexibility index (Phi) is 2.46. The standard InChI is InChI=1S/C12H8BrN3O3/c1-5-9(12(18)19)15-10-11(17)14-7-4-6(13)2-3-8(7)16(5)10/h2-4H,1H3,(H,14,17)(H,18,19). The Hall–Kier alpha value is -2.15. The molecule has 0 aliphatic heterocycles. The van der Waals surface area contributed by atoms with Crippen molar-refractivity contribution in [3.05, 3.63) is 44.4 Å². The second-order valence-electron chi connectivity index (χ2n) is 4.13. The average Bonchev–Trinajstić information content (AvgIpc) is 2.68. The number of nitrogens with zero attached hydrogens (tertiary/aromatic N) is 2. The van der Waals surface area contributed by atoms with Gasteiger partial charge >= 0.3 is 5.97 Å². The van der Waals surface area contributed by atoms with Crippen molar-refractivity contribution in [2.75, 3.05) is 0 Å². The highest BCUT2D eigenvalue weighted by Crippen LogP contribution is 2.20. The molecule has 0 radical (unpaired) electrons. The molecule has 0 saturated heterocycles. The zero-order valence-corrected chi connectivity index (χ0v) is 11.4. The average molecular weight is 322 g/mol. The summed E-state index contributed by atoms with van der Waals surface area (Å²) in [6.07, 6.45) is 0. The Bertz CT molecular complexity index is 894. The monoisotopic (exact) mass is 321 g/mol. The number of aromatic nitrogens is 3. The van der Waals surface area contributed by atoms with Gasteiger partial charge in [-0.1, -0.05) is 15.9 Å². The van der Waals surface area contributed by atoms with Crippen molar-refractivity contribution in [3.63, 3.8) is 0 Å². The van der Waals surface area contributed by atoms with Gasteiger partial charge in [0.2, 0.25) is 5.65 Å². The summed E-state index contributed by atoms with van der Waals surface area (Å²) in [5.74, 6) is -1.15. The molecule has 0 spiro atoms. The van der Waals surface area contributed by atoms with E-state index in [0.29, 0.717) is 16.7 Å². The van der Waals surface area contributed by atoms with Gasteiger partial charge in [0.15, 0.2) is 5.69 Å². The first-order chi connectivity index (χ1) is 8.99. The fourth-order valence-corrected chi connectivity index (χ4v) is 2.49. The fourth-order valence-electron chi connectivity index (χ4n) is 2.13. The number of aromatic carboxylic acids is 1. The lowest BCUT2D eigenvalue weighted by Gasteiger charge is -2.03. The summed E-state index contributed by atoms with van der Waals surface area (Å²) in [5, 5.41) is 9.08. The van der Waals surface area contributed by atoms with Crippen molar-refractivity contribution in [3.8, 4) is 0 Å². The highest BCUT2D eigenvalue weighted by molar-refractivity contribution is 9.10. The van der Waals surface area contributed by atoms with E-state index in [4.69, 9.17) is 5.11 Å². The van der Waals surface area contributed by atoms with Crippen molar-refractivity contribution in [1.82, 2.24) is 14.4 Å². The second-order valence-corrected chi connectivity index (χ2v) is 5.04. The van der Waals surface area contributed by atoms with Gasteiger partial charge in [-0.15, -0.1) is 0 Å². The highest BCUT2D eigenvalue weighted by atomic mass is 79.9. The van der Waals surface area contributed by atoms with Crippen LogP contribution in [0.5, 0.6) is 0 Å². The maximum absolute atomic E-state index is 11.9. The number of nitrogens with one attached hydrogen (secondary N) is 1. The molecule has 2 N–H and O–H groups in total. The Morgan fingerprint density at radius 3 is 2.89 bits per heavy atom. The number of hydrogen-bond donors (Lipinski definition) is 2. The molecule has 0 saturated carbocycles. The number of carbonyl (C=O) groups is 1. The summed E-state index contributed by atoms with van der Waals surface area (Å²) in [6.45, 7) is 1.63. The number of benzene rings is 1. The summed E-state index contributed by atoms with van der Waals surface area (Å²) in [7, 11) is 0. The van der Waals surface area contributed by atoms with Crippen LogP contribution in [-0.2, 0) is 0 Å². The van der Waals surface area contributed by atoms with Gasteiger partial charge in [0.1, 0.15) is 0 Å². The zero-order valence-electron chi connectivity index (χ0n) is 9.77. The van der Waals surface area contributed by atoms with Crippen molar-refractivity contribution in [2.45, 2.75) is 6.92 Å². The van der Waals surface area contributed by atoms with Crippen LogP contribution >= 0.6 is 15.9 Å². The molecule has 0 bridgehead atoms. The predicted molar refractivity (Wildman–Crippen MR) is 72.7 cm³/mol. The third-order valence-electron chi connectivity index (χ3n) is 2.96. The molecule has 0 aliphatic rings. The van der Waals surface area contributed by atoms with Gasteiger partial charge in [-0.2, -0.15) is 0 Å². The largest absolute Gasteiger partial charge is 0.476 e. The van der Waals surface area contributed by atoms with E-state index < -0.39 is 11.5 Å². The van der Waals surface area contributed by atoms with Gasteiger partial charge in [0.25, 0.3) is 5.56 Å². The SMILES string of the molecule is Cc1c(C(=O)O)nc2c(=O)[nH]c3cc(Br)ccc3n12. The first-order valence-corrected chi connectivity index (χ1v) is 6.22. The van der Waals surface area contributed by atoms with E-state index in [1.165, 1.54) is 0 Å². The molecule has 19 heavy (non-hydrogen) atoms. The summed E-state index contributed by atoms with van der Waals surface area (Å²) in [5.41, 5.74) is 1.31. The second kappa shape index (κ2) is 3.92. The van der Waals surface area contributed by atoms with Crippen LogP contribution in [0.4, 0.5) is 0 Å². The van der Waals surface area contributed by atoms with E-state index >= 15 is 0 Å². The first-order valence-electron chi connectivity index (χ1n) is 5.43. The molecule has 1 aromatic carbocycles. The van der Waals surface area contributed by atoms with Crippen molar-refractivity contribution in [2.24, 2.45) is 0 Å². The summed E-state index contributed by atoms with van der Waals surface area (Å²) in [4.78, 5) is 29.6. The lowest BCUT2D eigenvalue weighted by atomic mass is 10.3. The molecule has 3 rings (SSSR count). The number of fused-ring (bicyclic) bond motifs is 3. The lowest BCUT2D eigenvalue weighted by molar-refractivity contribution is 0.0690. The Labute approximate surface area is 114 Å². The first kappa shape index (κ1) is 11.9. The fraction of sp³-hybridized carbons (Fsp3) is 0.0833. The highest BCUT2D eigenvalue weighted by Gasteiger charge is 2.18. The van der Waals surface area contributed by atoms with Crippen LogP contribution in [0, 0.1) is 6.92 Å². The maximum atomic E-state index is 11.9. The molecule has 6 nitrogen and oxygen atoms in total. The molecular formula is C12H8BrN3O3. The molecule has 7 heteroatoms. The normalized spacial score (nSPS) is 11.3. The lowest BCUT2D eigenvalue weighted by Crippen LogP contribution is -2.11. The molecule has 0 unspecified atom stereocenters. The smallest absolute Gasteiger partial charge is 0.356 e.